The first-order valence-corrected chi connectivity index (χ1v) is 6.17. The third-order valence-electron chi connectivity index (χ3n) is 3.04. The predicted octanol–water partition coefficient (Wildman–Crippen LogP) is 1.53. The minimum atomic E-state index is -0.239. The summed E-state index contributed by atoms with van der Waals surface area (Å²) in [6, 6.07) is 0. The summed E-state index contributed by atoms with van der Waals surface area (Å²) in [5.74, 6) is -0.239. The lowest BCUT2D eigenvalue weighted by Crippen LogP contribution is -2.48. The van der Waals surface area contributed by atoms with Gasteiger partial charge in [-0.1, -0.05) is 0 Å². The van der Waals surface area contributed by atoms with Gasteiger partial charge in [0.15, 0.2) is 5.79 Å². The summed E-state index contributed by atoms with van der Waals surface area (Å²) < 4.78 is 11.5. The maximum Gasteiger partial charge on any atom is 0.170 e. The van der Waals surface area contributed by atoms with Crippen LogP contribution in [0.25, 0.3) is 0 Å². The molecule has 2 aliphatic rings. The highest BCUT2D eigenvalue weighted by Crippen LogP contribution is 2.31. The second-order valence-corrected chi connectivity index (χ2v) is 6.41. The number of thiol groups is 1. The van der Waals surface area contributed by atoms with Crippen molar-refractivity contribution in [3.63, 3.8) is 0 Å². The van der Waals surface area contributed by atoms with Gasteiger partial charge in [0, 0.05) is 37.2 Å². The lowest BCUT2D eigenvalue weighted by atomic mass is 10.0. The van der Waals surface area contributed by atoms with Crippen molar-refractivity contribution in [2.24, 2.45) is 0 Å². The van der Waals surface area contributed by atoms with Gasteiger partial charge >= 0.3 is 0 Å². The van der Waals surface area contributed by atoms with Crippen LogP contribution in [0.4, 0.5) is 0 Å². The maximum absolute atomic E-state index is 5.69. The Morgan fingerprint density at radius 3 is 2.20 bits per heavy atom. The molecule has 0 amide bonds. The molecule has 0 unspecified atom stereocenters. The summed E-state index contributed by atoms with van der Waals surface area (Å²) in [7, 11) is 0. The Kier molecular flexibility index (Phi) is 3.31. The fourth-order valence-electron chi connectivity index (χ4n) is 2.38. The third kappa shape index (κ3) is 3.09. The number of piperidine rings is 1. The Balaban J connectivity index is 1.81. The molecule has 2 aliphatic heterocycles. The van der Waals surface area contributed by atoms with Gasteiger partial charge in [-0.3, -0.25) is 0 Å². The van der Waals surface area contributed by atoms with Crippen molar-refractivity contribution >= 4 is 12.6 Å². The van der Waals surface area contributed by atoms with Crippen molar-refractivity contribution < 1.29 is 9.47 Å². The molecule has 0 bridgehead atoms. The monoisotopic (exact) mass is 231 g/mol. The standard InChI is InChI=1S/C11H21NO2S/c1-10(2,15)9-12-5-3-11(4-6-12)13-7-8-14-11/h15H,3-9H2,1-2H3. The molecule has 3 nitrogen and oxygen atoms in total. The zero-order valence-electron chi connectivity index (χ0n) is 9.66. The van der Waals surface area contributed by atoms with E-state index in [1.165, 1.54) is 0 Å². The number of rotatable bonds is 2. The molecule has 2 heterocycles. The van der Waals surface area contributed by atoms with Gasteiger partial charge in [-0.05, 0) is 13.8 Å². The Labute approximate surface area is 97.5 Å². The van der Waals surface area contributed by atoms with Gasteiger partial charge in [-0.2, -0.15) is 12.6 Å². The molecule has 2 fully saturated rings. The summed E-state index contributed by atoms with van der Waals surface area (Å²) >= 11 is 4.56. The second-order valence-electron chi connectivity index (χ2n) is 5.20. The molecule has 0 aromatic carbocycles. The van der Waals surface area contributed by atoms with Crippen LogP contribution in [0.3, 0.4) is 0 Å². The van der Waals surface area contributed by atoms with E-state index in [0.717, 1.165) is 45.7 Å². The van der Waals surface area contributed by atoms with Crippen LogP contribution in [0.1, 0.15) is 26.7 Å². The van der Waals surface area contributed by atoms with Gasteiger partial charge < -0.3 is 14.4 Å². The first-order valence-electron chi connectivity index (χ1n) is 5.72. The molecule has 0 saturated carbocycles. The van der Waals surface area contributed by atoms with Crippen molar-refractivity contribution in [3.05, 3.63) is 0 Å². The molecule has 4 heteroatoms. The van der Waals surface area contributed by atoms with Gasteiger partial charge in [0.2, 0.25) is 0 Å². The highest BCUT2D eigenvalue weighted by molar-refractivity contribution is 7.81. The maximum atomic E-state index is 5.69. The largest absolute Gasteiger partial charge is 0.347 e. The molecule has 2 saturated heterocycles. The molecule has 0 atom stereocenters. The quantitative estimate of drug-likeness (QED) is 0.729. The van der Waals surface area contributed by atoms with Crippen LogP contribution in [-0.2, 0) is 9.47 Å². The molecule has 88 valence electrons. The van der Waals surface area contributed by atoms with Crippen LogP contribution in [0.15, 0.2) is 0 Å². The van der Waals surface area contributed by atoms with E-state index in [1.807, 2.05) is 0 Å². The number of ether oxygens (including phenoxy) is 2. The van der Waals surface area contributed by atoms with E-state index in [9.17, 15) is 0 Å². The number of likely N-dealkylation sites (tertiary alicyclic amines) is 1. The van der Waals surface area contributed by atoms with Crippen molar-refractivity contribution in [3.8, 4) is 0 Å². The van der Waals surface area contributed by atoms with Gasteiger partial charge in [0.25, 0.3) is 0 Å². The molecule has 0 N–H and O–H groups in total. The minimum Gasteiger partial charge on any atom is -0.347 e. The fraction of sp³-hybridized carbons (Fsp3) is 1.00. The summed E-state index contributed by atoms with van der Waals surface area (Å²) in [5.41, 5.74) is 0. The SMILES string of the molecule is CC(C)(S)CN1CCC2(CC1)OCCO2. The zero-order chi connectivity index (χ0) is 10.9. The van der Waals surface area contributed by atoms with Crippen molar-refractivity contribution in [2.75, 3.05) is 32.8 Å². The summed E-state index contributed by atoms with van der Waals surface area (Å²) in [6.45, 7) is 8.99. The minimum absolute atomic E-state index is 0.0852. The first-order chi connectivity index (χ1) is 6.99. The van der Waals surface area contributed by atoms with E-state index in [4.69, 9.17) is 9.47 Å². The normalized spacial score (nSPS) is 27.4. The molecular weight excluding hydrogens is 210 g/mol. The molecule has 0 aliphatic carbocycles. The lowest BCUT2D eigenvalue weighted by Gasteiger charge is -2.39. The van der Waals surface area contributed by atoms with Crippen LogP contribution in [0, 0.1) is 0 Å². The lowest BCUT2D eigenvalue weighted by molar-refractivity contribution is -0.185. The smallest absolute Gasteiger partial charge is 0.170 e. The van der Waals surface area contributed by atoms with E-state index in [2.05, 4.69) is 31.4 Å². The average Bonchev–Trinajstić information content (AvgIpc) is 2.56. The summed E-state index contributed by atoms with van der Waals surface area (Å²) in [5, 5.41) is 0. The van der Waals surface area contributed by atoms with E-state index in [0.29, 0.717) is 0 Å². The van der Waals surface area contributed by atoms with E-state index in [1.54, 1.807) is 0 Å². The topological polar surface area (TPSA) is 21.7 Å². The predicted molar refractivity (Wildman–Crippen MR) is 63.4 cm³/mol. The van der Waals surface area contributed by atoms with Gasteiger partial charge in [-0.15, -0.1) is 0 Å². The number of nitrogens with zero attached hydrogens (tertiary/aromatic N) is 1. The Morgan fingerprint density at radius 2 is 1.73 bits per heavy atom. The molecule has 2 rings (SSSR count). The molecular formula is C11H21NO2S. The molecule has 0 radical (unpaired) electrons. The Bertz CT molecular complexity index is 211. The van der Waals surface area contributed by atoms with Gasteiger partial charge in [0.1, 0.15) is 0 Å². The summed E-state index contributed by atoms with van der Waals surface area (Å²) in [6.07, 6.45) is 1.99. The van der Waals surface area contributed by atoms with Crippen LogP contribution in [0.5, 0.6) is 0 Å². The Morgan fingerprint density at radius 1 is 1.20 bits per heavy atom. The summed E-state index contributed by atoms with van der Waals surface area (Å²) in [4.78, 5) is 2.45. The van der Waals surface area contributed by atoms with E-state index >= 15 is 0 Å². The van der Waals surface area contributed by atoms with Crippen LogP contribution < -0.4 is 0 Å². The first kappa shape index (κ1) is 11.7. The van der Waals surface area contributed by atoms with Gasteiger partial charge in [-0.25, -0.2) is 0 Å². The molecule has 15 heavy (non-hydrogen) atoms. The van der Waals surface area contributed by atoms with Crippen LogP contribution >= 0.6 is 12.6 Å². The highest BCUT2D eigenvalue weighted by atomic mass is 32.1. The number of hydrogen-bond donors (Lipinski definition) is 1. The third-order valence-corrected chi connectivity index (χ3v) is 3.18. The van der Waals surface area contributed by atoms with Crippen LogP contribution in [0.2, 0.25) is 0 Å². The van der Waals surface area contributed by atoms with Crippen LogP contribution in [-0.4, -0.2) is 48.3 Å². The molecule has 0 aromatic rings. The highest BCUT2D eigenvalue weighted by Gasteiger charge is 2.40. The second kappa shape index (κ2) is 4.24. The Hall–Kier alpha value is 0.230. The molecule has 1 spiro atoms. The number of hydrogen-bond acceptors (Lipinski definition) is 4. The van der Waals surface area contributed by atoms with Crippen molar-refractivity contribution in [2.45, 2.75) is 37.2 Å². The van der Waals surface area contributed by atoms with Crippen molar-refractivity contribution in [1.82, 2.24) is 4.90 Å². The van der Waals surface area contributed by atoms with Crippen molar-refractivity contribution in [1.29, 1.82) is 0 Å². The van der Waals surface area contributed by atoms with E-state index < -0.39 is 0 Å². The molecule has 0 aromatic heterocycles. The zero-order valence-corrected chi connectivity index (χ0v) is 10.6. The van der Waals surface area contributed by atoms with Gasteiger partial charge in [0.05, 0.1) is 13.2 Å². The fourth-order valence-corrected chi connectivity index (χ4v) is 2.58. The average molecular weight is 231 g/mol. The van der Waals surface area contributed by atoms with E-state index in [-0.39, 0.29) is 10.5 Å².